The number of hydrogen-bond acceptors (Lipinski definition) is 9. The van der Waals surface area contributed by atoms with Gasteiger partial charge in [-0.15, -0.1) is 0 Å². The molecular weight excluding hydrogens is 528 g/mol. The Bertz CT molecular complexity index is 1510. The van der Waals surface area contributed by atoms with Gasteiger partial charge in [-0.3, -0.25) is 4.98 Å². The van der Waals surface area contributed by atoms with Crippen molar-refractivity contribution in [3.8, 4) is 11.3 Å². The molecule has 2 saturated heterocycles. The molecule has 2 aliphatic heterocycles. The minimum absolute atomic E-state index is 0.277. The SMILES string of the molecule is CS(=O)(=O)N1CCC(c2ccc(-c3cc4nccnc4c(NCC4CN(S(C)(=O)=O)CCO4)n3)cc2)CC1. The Morgan fingerprint density at radius 3 is 2.32 bits per heavy atom. The second kappa shape index (κ2) is 10.8. The topological polar surface area (TPSA) is 135 Å². The van der Waals surface area contributed by atoms with Crippen LogP contribution in [0.1, 0.15) is 24.3 Å². The fourth-order valence-electron chi connectivity index (χ4n) is 5.02. The Morgan fingerprint density at radius 2 is 1.63 bits per heavy atom. The minimum Gasteiger partial charge on any atom is -0.374 e. The number of ether oxygens (including phenoxy) is 1. The van der Waals surface area contributed by atoms with Crippen LogP contribution >= 0.6 is 0 Å². The molecule has 3 aromatic rings. The highest BCUT2D eigenvalue weighted by Crippen LogP contribution is 2.31. The second-order valence-corrected chi connectivity index (χ2v) is 13.8. The van der Waals surface area contributed by atoms with Crippen LogP contribution in [0.2, 0.25) is 0 Å². The minimum atomic E-state index is -3.28. The van der Waals surface area contributed by atoms with Crippen molar-refractivity contribution >= 4 is 36.9 Å². The Hall–Kier alpha value is -2.71. The summed E-state index contributed by atoms with van der Waals surface area (Å²) in [6, 6.07) is 10.1. The van der Waals surface area contributed by atoms with E-state index in [0.717, 1.165) is 24.1 Å². The molecule has 1 atom stereocenters. The molecule has 1 aromatic carbocycles. The van der Waals surface area contributed by atoms with E-state index in [1.54, 1.807) is 16.7 Å². The van der Waals surface area contributed by atoms with Gasteiger partial charge in [-0.25, -0.2) is 31.1 Å². The summed E-state index contributed by atoms with van der Waals surface area (Å²) in [5, 5.41) is 3.31. The number of sulfonamides is 2. The molecule has 38 heavy (non-hydrogen) atoms. The van der Waals surface area contributed by atoms with E-state index in [9.17, 15) is 16.8 Å². The standard InChI is InChI=1S/C25H32N6O5S2/c1-37(32,33)30-11-7-19(8-12-30)18-3-5-20(6-4-18)22-15-23-24(27-10-9-26-23)25(29-22)28-16-21-17-31(13-14-36-21)38(2,34)35/h3-6,9-10,15,19,21H,7-8,11-14,16-17H2,1-2H3,(H,28,29). The fourth-order valence-corrected chi connectivity index (χ4v) is 6.73. The summed E-state index contributed by atoms with van der Waals surface area (Å²) >= 11 is 0. The van der Waals surface area contributed by atoms with Crippen molar-refractivity contribution < 1.29 is 21.6 Å². The van der Waals surface area contributed by atoms with Crippen molar-refractivity contribution in [1.82, 2.24) is 23.6 Å². The summed E-state index contributed by atoms with van der Waals surface area (Å²) in [6.07, 6.45) is 7.00. The molecule has 11 nitrogen and oxygen atoms in total. The molecule has 2 fully saturated rings. The van der Waals surface area contributed by atoms with Gasteiger partial charge < -0.3 is 10.1 Å². The molecular formula is C25H32N6O5S2. The molecule has 0 aliphatic carbocycles. The van der Waals surface area contributed by atoms with Crippen LogP contribution in [-0.4, -0.2) is 98.3 Å². The van der Waals surface area contributed by atoms with Crippen LogP contribution in [0.5, 0.6) is 0 Å². The van der Waals surface area contributed by atoms with Gasteiger partial charge in [0, 0.05) is 50.7 Å². The summed E-state index contributed by atoms with van der Waals surface area (Å²) in [5.41, 5.74) is 4.17. The molecule has 0 bridgehead atoms. The van der Waals surface area contributed by atoms with E-state index in [4.69, 9.17) is 9.72 Å². The number of aromatic nitrogens is 3. The first-order valence-corrected chi connectivity index (χ1v) is 16.3. The molecule has 0 amide bonds. The number of morpholine rings is 1. The number of benzene rings is 1. The van der Waals surface area contributed by atoms with Gasteiger partial charge in [-0.05, 0) is 30.4 Å². The Kier molecular flexibility index (Phi) is 7.65. The quantitative estimate of drug-likeness (QED) is 0.460. The normalized spacial score (nSPS) is 20.5. The molecule has 0 saturated carbocycles. The van der Waals surface area contributed by atoms with Gasteiger partial charge in [0.1, 0.15) is 5.52 Å². The Labute approximate surface area is 223 Å². The van der Waals surface area contributed by atoms with E-state index < -0.39 is 20.0 Å². The van der Waals surface area contributed by atoms with Crippen LogP contribution < -0.4 is 5.32 Å². The van der Waals surface area contributed by atoms with Crippen molar-refractivity contribution in [3.05, 3.63) is 48.3 Å². The van der Waals surface area contributed by atoms with Crippen molar-refractivity contribution in [2.45, 2.75) is 24.9 Å². The highest BCUT2D eigenvalue weighted by molar-refractivity contribution is 7.88. The largest absolute Gasteiger partial charge is 0.374 e. The first kappa shape index (κ1) is 26.9. The molecule has 0 radical (unpaired) electrons. The third kappa shape index (κ3) is 6.12. The van der Waals surface area contributed by atoms with E-state index in [2.05, 4.69) is 27.4 Å². The maximum absolute atomic E-state index is 12.0. The van der Waals surface area contributed by atoms with Crippen molar-refractivity contribution in [3.63, 3.8) is 0 Å². The van der Waals surface area contributed by atoms with Crippen molar-refractivity contribution in [1.29, 1.82) is 0 Å². The zero-order valence-electron chi connectivity index (χ0n) is 21.4. The molecule has 2 aliphatic rings. The van der Waals surface area contributed by atoms with E-state index in [1.165, 1.54) is 22.4 Å². The van der Waals surface area contributed by atoms with Gasteiger partial charge in [-0.2, -0.15) is 4.31 Å². The van der Waals surface area contributed by atoms with Crippen molar-refractivity contribution in [2.24, 2.45) is 0 Å². The van der Waals surface area contributed by atoms with Crippen LogP contribution in [-0.2, 0) is 24.8 Å². The molecule has 13 heteroatoms. The highest BCUT2D eigenvalue weighted by atomic mass is 32.2. The lowest BCUT2D eigenvalue weighted by Gasteiger charge is -2.31. The van der Waals surface area contributed by atoms with E-state index >= 15 is 0 Å². The van der Waals surface area contributed by atoms with E-state index in [0.29, 0.717) is 55.6 Å². The number of rotatable bonds is 7. The molecule has 0 spiro atoms. The monoisotopic (exact) mass is 560 g/mol. The highest BCUT2D eigenvalue weighted by Gasteiger charge is 2.27. The summed E-state index contributed by atoms with van der Waals surface area (Å²) < 4.78 is 56.3. The van der Waals surface area contributed by atoms with Crippen LogP contribution in [0.25, 0.3) is 22.3 Å². The van der Waals surface area contributed by atoms with Gasteiger partial charge in [-0.1, -0.05) is 24.3 Å². The zero-order chi connectivity index (χ0) is 26.9. The smallest absolute Gasteiger partial charge is 0.211 e. The van der Waals surface area contributed by atoms with Crippen molar-refractivity contribution in [2.75, 3.05) is 57.2 Å². The summed E-state index contributed by atoms with van der Waals surface area (Å²) in [5.74, 6) is 0.875. The molecule has 5 rings (SSSR count). The lowest BCUT2D eigenvalue weighted by Crippen LogP contribution is -2.47. The summed E-state index contributed by atoms with van der Waals surface area (Å²) in [6.45, 7) is 2.42. The number of fused-ring (bicyclic) bond motifs is 1. The number of anilines is 1. The van der Waals surface area contributed by atoms with Gasteiger partial charge in [0.05, 0.1) is 36.4 Å². The number of nitrogens with zero attached hydrogens (tertiary/aromatic N) is 5. The fraction of sp³-hybridized carbons (Fsp3) is 0.480. The van der Waals surface area contributed by atoms with Gasteiger partial charge >= 0.3 is 0 Å². The first-order valence-electron chi connectivity index (χ1n) is 12.6. The van der Waals surface area contributed by atoms with Crippen LogP contribution in [0.4, 0.5) is 5.82 Å². The maximum atomic E-state index is 12.0. The molecule has 204 valence electrons. The summed E-state index contributed by atoms with van der Waals surface area (Å²) in [4.78, 5) is 13.7. The van der Waals surface area contributed by atoms with Gasteiger partial charge in [0.2, 0.25) is 20.0 Å². The van der Waals surface area contributed by atoms with Gasteiger partial charge in [0.25, 0.3) is 0 Å². The van der Waals surface area contributed by atoms with Gasteiger partial charge in [0.15, 0.2) is 5.82 Å². The lowest BCUT2D eigenvalue weighted by molar-refractivity contribution is 0.00702. The molecule has 1 N–H and O–H groups in total. The predicted octanol–water partition coefficient (Wildman–Crippen LogP) is 1.90. The number of pyridine rings is 1. The number of nitrogens with one attached hydrogen (secondary N) is 1. The number of piperidine rings is 1. The Morgan fingerprint density at radius 1 is 0.947 bits per heavy atom. The average molecular weight is 561 g/mol. The van der Waals surface area contributed by atoms with E-state index in [1.807, 2.05) is 18.2 Å². The zero-order valence-corrected chi connectivity index (χ0v) is 23.1. The van der Waals surface area contributed by atoms with Crippen LogP contribution in [0.3, 0.4) is 0 Å². The lowest BCUT2D eigenvalue weighted by atomic mass is 9.89. The third-order valence-electron chi connectivity index (χ3n) is 7.13. The average Bonchev–Trinajstić information content (AvgIpc) is 2.91. The third-order valence-corrected chi connectivity index (χ3v) is 9.70. The molecule has 4 heterocycles. The van der Waals surface area contributed by atoms with E-state index in [-0.39, 0.29) is 12.6 Å². The molecule has 2 aromatic heterocycles. The van der Waals surface area contributed by atoms with Crippen LogP contribution in [0, 0.1) is 0 Å². The summed E-state index contributed by atoms with van der Waals surface area (Å²) in [7, 11) is -6.43. The predicted molar refractivity (Wildman–Crippen MR) is 146 cm³/mol. The second-order valence-electron chi connectivity index (χ2n) is 9.83. The van der Waals surface area contributed by atoms with Crippen LogP contribution in [0.15, 0.2) is 42.7 Å². The first-order chi connectivity index (χ1) is 18.1. The maximum Gasteiger partial charge on any atom is 0.211 e. The molecule has 1 unspecified atom stereocenters. The Balaban J connectivity index is 1.33. The number of hydrogen-bond donors (Lipinski definition) is 1.